The van der Waals surface area contributed by atoms with E-state index in [1.165, 1.54) is 6.42 Å². The fraction of sp³-hybridized carbons (Fsp3) is 0.812. The summed E-state index contributed by atoms with van der Waals surface area (Å²) in [4.78, 5) is 41.7. The van der Waals surface area contributed by atoms with E-state index in [2.05, 4.69) is 0 Å². The zero-order chi connectivity index (χ0) is 15.7. The molecule has 6 nitrogen and oxygen atoms in total. The van der Waals surface area contributed by atoms with Crippen LogP contribution in [0.2, 0.25) is 0 Å². The number of carbonyl (C=O) groups excluding carboxylic acids is 3. The molecule has 1 aliphatic carbocycles. The van der Waals surface area contributed by atoms with E-state index in [0.29, 0.717) is 32.6 Å². The number of carbonyl (C=O) groups is 3. The fourth-order valence-electron chi connectivity index (χ4n) is 3.57. The van der Waals surface area contributed by atoms with Crippen LogP contribution in [0.15, 0.2) is 0 Å². The van der Waals surface area contributed by atoms with Gasteiger partial charge in [0, 0.05) is 46.2 Å². The fourth-order valence-corrected chi connectivity index (χ4v) is 3.57. The van der Waals surface area contributed by atoms with Gasteiger partial charge in [-0.25, -0.2) is 0 Å². The van der Waals surface area contributed by atoms with Gasteiger partial charge in [0.05, 0.1) is 11.8 Å². The lowest BCUT2D eigenvalue weighted by molar-refractivity contribution is -0.141. The van der Waals surface area contributed by atoms with Gasteiger partial charge < -0.3 is 14.7 Å². The number of hydrogen-bond acceptors (Lipinski definition) is 3. The van der Waals surface area contributed by atoms with Crippen LogP contribution >= 0.6 is 0 Å². The van der Waals surface area contributed by atoms with Crippen molar-refractivity contribution in [2.75, 3.05) is 39.3 Å². The number of piperidine rings is 1. The van der Waals surface area contributed by atoms with Crippen LogP contribution in [-0.2, 0) is 14.4 Å². The van der Waals surface area contributed by atoms with E-state index in [-0.39, 0.29) is 29.6 Å². The molecule has 2 aliphatic heterocycles. The molecule has 6 heteroatoms. The summed E-state index contributed by atoms with van der Waals surface area (Å²) < 4.78 is 0. The van der Waals surface area contributed by atoms with Crippen molar-refractivity contribution in [3.05, 3.63) is 0 Å². The molecule has 22 heavy (non-hydrogen) atoms. The van der Waals surface area contributed by atoms with Crippen molar-refractivity contribution in [2.24, 2.45) is 11.8 Å². The quantitative estimate of drug-likeness (QED) is 0.738. The van der Waals surface area contributed by atoms with E-state index in [1.54, 1.807) is 11.8 Å². The highest BCUT2D eigenvalue weighted by molar-refractivity contribution is 5.92. The Balaban J connectivity index is 1.48. The van der Waals surface area contributed by atoms with Gasteiger partial charge >= 0.3 is 0 Å². The number of likely N-dealkylation sites (tertiary alicyclic amines) is 1. The lowest BCUT2D eigenvalue weighted by Gasteiger charge is -2.34. The molecule has 0 spiro atoms. The highest BCUT2D eigenvalue weighted by Crippen LogP contribution is 2.42. The van der Waals surface area contributed by atoms with Crippen LogP contribution in [0.3, 0.4) is 0 Å². The van der Waals surface area contributed by atoms with Gasteiger partial charge in [-0.15, -0.1) is 0 Å². The molecule has 3 aliphatic rings. The van der Waals surface area contributed by atoms with Crippen molar-refractivity contribution in [3.8, 4) is 0 Å². The standard InChI is InChI=1S/C16H25N3O3/c1-12(20)17-7-9-19(10-8-17)16(22)14-11-13(14)15(21)18-5-3-2-4-6-18/h13-14H,2-11H2,1H3. The number of nitrogens with zero attached hydrogens (tertiary/aromatic N) is 3. The van der Waals surface area contributed by atoms with Crippen molar-refractivity contribution in [2.45, 2.75) is 32.6 Å². The van der Waals surface area contributed by atoms with Crippen LogP contribution in [0.1, 0.15) is 32.6 Å². The maximum absolute atomic E-state index is 12.5. The van der Waals surface area contributed by atoms with E-state index in [4.69, 9.17) is 0 Å². The van der Waals surface area contributed by atoms with Gasteiger partial charge in [-0.3, -0.25) is 14.4 Å². The molecule has 1 saturated carbocycles. The second kappa shape index (κ2) is 6.26. The van der Waals surface area contributed by atoms with Crippen molar-refractivity contribution >= 4 is 17.7 Å². The highest BCUT2D eigenvalue weighted by Gasteiger charge is 2.51. The van der Waals surface area contributed by atoms with Gasteiger partial charge in [-0.1, -0.05) is 0 Å². The summed E-state index contributed by atoms with van der Waals surface area (Å²) in [5.41, 5.74) is 0. The Morgan fingerprint density at radius 2 is 1.14 bits per heavy atom. The third-order valence-electron chi connectivity index (χ3n) is 5.13. The second-order valence-corrected chi connectivity index (χ2v) is 6.67. The molecule has 2 atom stereocenters. The first-order valence-electron chi connectivity index (χ1n) is 8.41. The van der Waals surface area contributed by atoms with Gasteiger partial charge in [0.1, 0.15) is 0 Å². The van der Waals surface area contributed by atoms with Gasteiger partial charge in [-0.05, 0) is 25.7 Å². The number of hydrogen-bond donors (Lipinski definition) is 0. The highest BCUT2D eigenvalue weighted by atomic mass is 16.2. The van der Waals surface area contributed by atoms with Crippen molar-refractivity contribution < 1.29 is 14.4 Å². The summed E-state index contributed by atoms with van der Waals surface area (Å²) in [6, 6.07) is 0. The molecular weight excluding hydrogens is 282 g/mol. The topological polar surface area (TPSA) is 60.9 Å². The summed E-state index contributed by atoms with van der Waals surface area (Å²) in [6.07, 6.45) is 4.09. The number of rotatable bonds is 2. The first-order valence-corrected chi connectivity index (χ1v) is 8.41. The molecule has 0 aromatic rings. The largest absolute Gasteiger partial charge is 0.342 e. The minimum Gasteiger partial charge on any atom is -0.342 e. The predicted molar refractivity (Wildman–Crippen MR) is 80.9 cm³/mol. The van der Waals surface area contributed by atoms with Crippen LogP contribution in [0.5, 0.6) is 0 Å². The van der Waals surface area contributed by atoms with Gasteiger partial charge in [0.2, 0.25) is 17.7 Å². The molecule has 3 amide bonds. The monoisotopic (exact) mass is 307 g/mol. The molecule has 3 rings (SSSR count). The van der Waals surface area contributed by atoms with E-state index in [1.807, 2.05) is 9.80 Å². The van der Waals surface area contributed by atoms with Crippen LogP contribution < -0.4 is 0 Å². The minimum atomic E-state index is -0.113. The maximum atomic E-state index is 12.5. The van der Waals surface area contributed by atoms with Crippen molar-refractivity contribution in [3.63, 3.8) is 0 Å². The summed E-state index contributed by atoms with van der Waals surface area (Å²) in [7, 11) is 0. The van der Waals surface area contributed by atoms with Gasteiger partial charge in [-0.2, -0.15) is 0 Å². The molecule has 2 unspecified atom stereocenters. The lowest BCUT2D eigenvalue weighted by Crippen LogP contribution is -2.50. The first-order chi connectivity index (χ1) is 10.6. The van der Waals surface area contributed by atoms with E-state index < -0.39 is 0 Å². The summed E-state index contributed by atoms with van der Waals surface area (Å²) in [5, 5.41) is 0. The van der Waals surface area contributed by atoms with E-state index >= 15 is 0 Å². The Kier molecular flexibility index (Phi) is 4.36. The lowest BCUT2D eigenvalue weighted by atomic mass is 10.1. The zero-order valence-corrected chi connectivity index (χ0v) is 13.3. The Labute approximate surface area is 131 Å². The van der Waals surface area contributed by atoms with Crippen LogP contribution in [-0.4, -0.2) is 71.7 Å². The van der Waals surface area contributed by atoms with Gasteiger partial charge in [0.25, 0.3) is 0 Å². The number of piperazine rings is 1. The smallest absolute Gasteiger partial charge is 0.226 e. The zero-order valence-electron chi connectivity index (χ0n) is 13.3. The Morgan fingerprint density at radius 1 is 0.682 bits per heavy atom. The molecule has 0 aromatic carbocycles. The Morgan fingerprint density at radius 3 is 1.64 bits per heavy atom. The van der Waals surface area contributed by atoms with Gasteiger partial charge in [0.15, 0.2) is 0 Å². The summed E-state index contributed by atoms with van der Waals surface area (Å²) in [6.45, 7) is 5.68. The maximum Gasteiger partial charge on any atom is 0.226 e. The van der Waals surface area contributed by atoms with Crippen molar-refractivity contribution in [1.82, 2.24) is 14.7 Å². The first kappa shape index (κ1) is 15.3. The summed E-state index contributed by atoms with van der Waals surface area (Å²) in [5.74, 6) is 0.158. The summed E-state index contributed by atoms with van der Waals surface area (Å²) >= 11 is 0. The molecule has 0 aromatic heterocycles. The number of amides is 3. The second-order valence-electron chi connectivity index (χ2n) is 6.67. The minimum absolute atomic E-state index is 0.0664. The Hall–Kier alpha value is -1.59. The molecule has 2 saturated heterocycles. The third-order valence-corrected chi connectivity index (χ3v) is 5.13. The van der Waals surface area contributed by atoms with Crippen LogP contribution in [0.4, 0.5) is 0 Å². The molecule has 3 fully saturated rings. The molecule has 0 N–H and O–H groups in total. The molecule has 122 valence electrons. The SMILES string of the molecule is CC(=O)N1CCN(C(=O)C2CC2C(=O)N2CCCCC2)CC1. The molecule has 0 bridgehead atoms. The average Bonchev–Trinajstić information content (AvgIpc) is 3.35. The van der Waals surface area contributed by atoms with Crippen LogP contribution in [0.25, 0.3) is 0 Å². The third kappa shape index (κ3) is 3.10. The average molecular weight is 307 g/mol. The molecule has 2 heterocycles. The Bertz CT molecular complexity index is 465. The normalized spacial score (nSPS) is 28.5. The predicted octanol–water partition coefficient (Wildman–Crippen LogP) is 0.326. The van der Waals surface area contributed by atoms with Crippen LogP contribution in [0, 0.1) is 11.8 Å². The molecule has 0 radical (unpaired) electrons. The van der Waals surface area contributed by atoms with E-state index in [0.717, 1.165) is 25.9 Å². The molecular formula is C16H25N3O3. The van der Waals surface area contributed by atoms with E-state index in [9.17, 15) is 14.4 Å². The van der Waals surface area contributed by atoms with Crippen molar-refractivity contribution in [1.29, 1.82) is 0 Å².